The Kier molecular flexibility index (Phi) is 3.75. The molecule has 0 aliphatic heterocycles. The van der Waals surface area contributed by atoms with Crippen molar-refractivity contribution in [3.05, 3.63) is 15.8 Å². The van der Waals surface area contributed by atoms with Gasteiger partial charge < -0.3 is 5.32 Å². The highest BCUT2D eigenvalue weighted by atomic mass is 16.6. The van der Waals surface area contributed by atoms with E-state index in [1.807, 2.05) is 13.8 Å². The third-order valence-corrected chi connectivity index (χ3v) is 4.45. The van der Waals surface area contributed by atoms with Crippen LogP contribution in [0.15, 0.2) is 0 Å². The first-order valence-electron chi connectivity index (χ1n) is 7.26. The molecule has 112 valence electrons. The predicted octanol–water partition coefficient (Wildman–Crippen LogP) is 3.53. The number of hydrogen-bond acceptors (Lipinski definition) is 4. The summed E-state index contributed by atoms with van der Waals surface area (Å²) in [6.07, 6.45) is 2.39. The molecule has 0 saturated heterocycles. The zero-order valence-electron chi connectivity index (χ0n) is 12.9. The van der Waals surface area contributed by atoms with E-state index in [-0.39, 0.29) is 16.7 Å². The number of aromatic nitrogens is 2. The van der Waals surface area contributed by atoms with E-state index in [1.54, 1.807) is 11.6 Å². The normalized spacial score (nSPS) is 16.8. The first kappa shape index (κ1) is 14.8. The van der Waals surface area contributed by atoms with Crippen molar-refractivity contribution in [2.75, 3.05) is 11.9 Å². The molecular formula is C14H24N4O2. The van der Waals surface area contributed by atoms with Crippen LogP contribution in [0.1, 0.15) is 52.3 Å². The highest BCUT2D eigenvalue weighted by Gasteiger charge is 2.45. The number of nitro groups is 1. The minimum atomic E-state index is -0.335. The van der Waals surface area contributed by atoms with Gasteiger partial charge in [-0.15, -0.1) is 0 Å². The van der Waals surface area contributed by atoms with Crippen molar-refractivity contribution >= 4 is 11.5 Å². The molecule has 0 radical (unpaired) electrons. The molecule has 1 aliphatic rings. The lowest BCUT2D eigenvalue weighted by molar-refractivity contribution is -0.384. The molecule has 1 N–H and O–H groups in total. The summed E-state index contributed by atoms with van der Waals surface area (Å²) in [5.74, 6) is 1.14. The number of nitrogens with zero attached hydrogens (tertiary/aromatic N) is 3. The fourth-order valence-corrected chi connectivity index (χ4v) is 2.67. The van der Waals surface area contributed by atoms with E-state index in [0.717, 1.165) is 6.54 Å². The Labute approximate surface area is 119 Å². The molecule has 0 unspecified atom stereocenters. The van der Waals surface area contributed by atoms with Gasteiger partial charge in [-0.25, -0.2) is 4.68 Å². The topological polar surface area (TPSA) is 73.0 Å². The minimum absolute atomic E-state index is 0.0964. The second-order valence-corrected chi connectivity index (χ2v) is 6.45. The van der Waals surface area contributed by atoms with Crippen molar-refractivity contribution in [2.24, 2.45) is 11.3 Å². The Morgan fingerprint density at radius 3 is 2.40 bits per heavy atom. The predicted molar refractivity (Wildman–Crippen MR) is 79.0 cm³/mol. The maximum absolute atomic E-state index is 11.3. The molecule has 0 aromatic carbocycles. The van der Waals surface area contributed by atoms with Crippen molar-refractivity contribution < 1.29 is 4.92 Å². The average molecular weight is 280 g/mol. The van der Waals surface area contributed by atoms with E-state index in [4.69, 9.17) is 0 Å². The Bertz CT molecular complexity index is 515. The Morgan fingerprint density at radius 1 is 1.40 bits per heavy atom. The van der Waals surface area contributed by atoms with Crippen LogP contribution >= 0.6 is 0 Å². The number of anilines is 1. The van der Waals surface area contributed by atoms with Crippen LogP contribution in [0.4, 0.5) is 11.5 Å². The summed E-state index contributed by atoms with van der Waals surface area (Å²) in [7, 11) is 0. The molecule has 20 heavy (non-hydrogen) atoms. The highest BCUT2D eigenvalue weighted by molar-refractivity contribution is 5.60. The lowest BCUT2D eigenvalue weighted by Gasteiger charge is -2.21. The average Bonchev–Trinajstić information content (AvgIpc) is 3.05. The number of rotatable bonds is 6. The van der Waals surface area contributed by atoms with Crippen LogP contribution in [0, 0.1) is 28.4 Å². The zero-order valence-corrected chi connectivity index (χ0v) is 12.9. The molecule has 1 fully saturated rings. The monoisotopic (exact) mass is 280 g/mol. The van der Waals surface area contributed by atoms with Crippen molar-refractivity contribution in [3.8, 4) is 0 Å². The second kappa shape index (κ2) is 5.07. The molecule has 1 saturated carbocycles. The first-order chi connectivity index (χ1) is 9.28. The molecule has 1 aliphatic carbocycles. The van der Waals surface area contributed by atoms with E-state index in [0.29, 0.717) is 22.8 Å². The van der Waals surface area contributed by atoms with E-state index in [2.05, 4.69) is 24.3 Å². The van der Waals surface area contributed by atoms with Gasteiger partial charge in [0.15, 0.2) is 0 Å². The molecule has 6 heteroatoms. The second-order valence-electron chi connectivity index (χ2n) is 6.45. The van der Waals surface area contributed by atoms with Crippen molar-refractivity contribution in [3.63, 3.8) is 0 Å². The van der Waals surface area contributed by atoms with Gasteiger partial charge in [-0.3, -0.25) is 10.1 Å². The molecule has 1 aromatic heterocycles. The summed E-state index contributed by atoms with van der Waals surface area (Å²) in [5, 5.41) is 18.9. The van der Waals surface area contributed by atoms with E-state index < -0.39 is 0 Å². The third kappa shape index (κ3) is 2.51. The van der Waals surface area contributed by atoms with Crippen LogP contribution in [0.2, 0.25) is 0 Å². The van der Waals surface area contributed by atoms with Gasteiger partial charge >= 0.3 is 5.69 Å². The summed E-state index contributed by atoms with van der Waals surface area (Å²) in [6.45, 7) is 10.9. The zero-order chi connectivity index (χ0) is 15.1. The van der Waals surface area contributed by atoms with Gasteiger partial charge in [0.05, 0.1) is 4.92 Å². The molecule has 0 amide bonds. The standard InChI is InChI=1S/C14H24N4O2/c1-9(2)14(6-7-14)8-15-13-12(18(19)20)11(5)16-17(13)10(3)4/h9-10,15H,6-8H2,1-5H3. The summed E-state index contributed by atoms with van der Waals surface area (Å²) < 4.78 is 1.73. The maximum Gasteiger partial charge on any atom is 0.333 e. The lowest BCUT2D eigenvalue weighted by atomic mass is 9.92. The van der Waals surface area contributed by atoms with Crippen LogP contribution < -0.4 is 5.32 Å². The van der Waals surface area contributed by atoms with Gasteiger partial charge in [0.1, 0.15) is 5.69 Å². The molecule has 0 spiro atoms. The largest absolute Gasteiger partial charge is 0.364 e. The summed E-state index contributed by atoms with van der Waals surface area (Å²) in [5.41, 5.74) is 0.882. The molecule has 6 nitrogen and oxygen atoms in total. The van der Waals surface area contributed by atoms with E-state index >= 15 is 0 Å². The molecule has 0 bridgehead atoms. The number of aryl methyl sites for hydroxylation is 1. The van der Waals surface area contributed by atoms with Gasteiger partial charge in [0.25, 0.3) is 0 Å². The van der Waals surface area contributed by atoms with Gasteiger partial charge in [-0.1, -0.05) is 13.8 Å². The van der Waals surface area contributed by atoms with Crippen molar-refractivity contribution in [2.45, 2.75) is 53.5 Å². The number of nitrogens with one attached hydrogen (secondary N) is 1. The Hall–Kier alpha value is -1.59. The van der Waals surface area contributed by atoms with E-state index in [9.17, 15) is 10.1 Å². The molecule has 1 aromatic rings. The fraction of sp³-hybridized carbons (Fsp3) is 0.786. The van der Waals surface area contributed by atoms with Crippen molar-refractivity contribution in [1.82, 2.24) is 9.78 Å². The highest BCUT2D eigenvalue weighted by Crippen LogP contribution is 2.52. The smallest absolute Gasteiger partial charge is 0.333 e. The summed E-state index contributed by atoms with van der Waals surface area (Å²) in [4.78, 5) is 10.9. The van der Waals surface area contributed by atoms with Gasteiger partial charge in [0.2, 0.25) is 5.82 Å². The fourth-order valence-electron chi connectivity index (χ4n) is 2.67. The van der Waals surface area contributed by atoms with Crippen LogP contribution in [0.25, 0.3) is 0 Å². The van der Waals surface area contributed by atoms with Crippen LogP contribution in [-0.2, 0) is 0 Å². The first-order valence-corrected chi connectivity index (χ1v) is 7.26. The molecule has 2 rings (SSSR count). The molecule has 1 heterocycles. The van der Waals surface area contributed by atoms with Crippen LogP contribution in [-0.4, -0.2) is 21.2 Å². The summed E-state index contributed by atoms with van der Waals surface area (Å²) in [6, 6.07) is 0.0964. The lowest BCUT2D eigenvalue weighted by Crippen LogP contribution is -2.23. The Morgan fingerprint density at radius 2 is 2.00 bits per heavy atom. The molecule has 0 atom stereocenters. The number of hydrogen-bond donors (Lipinski definition) is 1. The summed E-state index contributed by atoms with van der Waals surface area (Å²) >= 11 is 0. The SMILES string of the molecule is Cc1nn(C(C)C)c(NCC2(C(C)C)CC2)c1[N+](=O)[O-]. The maximum atomic E-state index is 11.3. The van der Waals surface area contributed by atoms with E-state index in [1.165, 1.54) is 12.8 Å². The quantitative estimate of drug-likeness (QED) is 0.639. The van der Waals surface area contributed by atoms with Gasteiger partial charge in [0, 0.05) is 12.6 Å². The van der Waals surface area contributed by atoms with Gasteiger partial charge in [-0.05, 0) is 44.9 Å². The van der Waals surface area contributed by atoms with Crippen LogP contribution in [0.3, 0.4) is 0 Å². The molecular weight excluding hydrogens is 256 g/mol. The van der Waals surface area contributed by atoms with Crippen molar-refractivity contribution in [1.29, 1.82) is 0 Å². The Balaban J connectivity index is 2.27. The minimum Gasteiger partial charge on any atom is -0.364 e. The third-order valence-electron chi connectivity index (χ3n) is 4.45. The van der Waals surface area contributed by atoms with Crippen LogP contribution in [0.5, 0.6) is 0 Å². The van der Waals surface area contributed by atoms with Gasteiger partial charge in [-0.2, -0.15) is 5.10 Å².